The summed E-state index contributed by atoms with van der Waals surface area (Å²) in [6.07, 6.45) is 1.05. The Balaban J connectivity index is 1.90. The molecule has 6 nitrogen and oxygen atoms in total. The van der Waals surface area contributed by atoms with E-state index in [1.807, 2.05) is 13.0 Å². The van der Waals surface area contributed by atoms with Gasteiger partial charge in [0, 0.05) is 37.5 Å². The average molecular weight is 381 g/mol. The van der Waals surface area contributed by atoms with Crippen molar-refractivity contribution in [1.82, 2.24) is 15.5 Å². The lowest BCUT2D eigenvalue weighted by Gasteiger charge is -2.21. The monoisotopic (exact) mass is 380 g/mol. The van der Waals surface area contributed by atoms with E-state index in [-0.39, 0.29) is 11.5 Å². The Labute approximate surface area is 158 Å². The SMILES string of the molecule is CCNC(=NCCS(=O)(=O)CC)NC1CC(C)N(Cc2ccccc2)C1. The van der Waals surface area contributed by atoms with E-state index in [0.29, 0.717) is 24.6 Å². The summed E-state index contributed by atoms with van der Waals surface area (Å²) < 4.78 is 23.3. The molecule has 146 valence electrons. The second kappa shape index (κ2) is 9.92. The quantitative estimate of drug-likeness (QED) is 0.530. The molecule has 0 saturated carbocycles. The minimum atomic E-state index is -2.98. The predicted molar refractivity (Wildman–Crippen MR) is 108 cm³/mol. The van der Waals surface area contributed by atoms with Crippen molar-refractivity contribution >= 4 is 15.8 Å². The molecule has 0 bridgehead atoms. The Kier molecular flexibility index (Phi) is 7.90. The first kappa shape index (κ1) is 20.7. The molecule has 1 heterocycles. The lowest BCUT2D eigenvalue weighted by atomic mass is 10.2. The van der Waals surface area contributed by atoms with E-state index in [9.17, 15) is 8.42 Å². The minimum absolute atomic E-state index is 0.0985. The molecular formula is C19H32N4O2S. The van der Waals surface area contributed by atoms with E-state index in [1.165, 1.54) is 5.56 Å². The van der Waals surface area contributed by atoms with E-state index in [1.54, 1.807) is 6.92 Å². The second-order valence-corrected chi connectivity index (χ2v) is 9.31. The van der Waals surface area contributed by atoms with Crippen LogP contribution in [0, 0.1) is 0 Å². The number of sulfone groups is 1. The van der Waals surface area contributed by atoms with Gasteiger partial charge in [0.05, 0.1) is 12.3 Å². The van der Waals surface area contributed by atoms with Gasteiger partial charge in [0.1, 0.15) is 0 Å². The fourth-order valence-electron chi connectivity index (χ4n) is 3.20. The topological polar surface area (TPSA) is 73.8 Å². The van der Waals surface area contributed by atoms with Crippen LogP contribution in [-0.4, -0.2) is 62.5 Å². The van der Waals surface area contributed by atoms with E-state index < -0.39 is 9.84 Å². The number of aliphatic imine (C=N–C) groups is 1. The highest BCUT2D eigenvalue weighted by molar-refractivity contribution is 7.91. The van der Waals surface area contributed by atoms with Crippen molar-refractivity contribution in [2.45, 2.75) is 45.8 Å². The maximum Gasteiger partial charge on any atom is 0.191 e. The summed E-state index contributed by atoms with van der Waals surface area (Å²) in [6.45, 7) is 8.88. The Morgan fingerprint density at radius 3 is 2.65 bits per heavy atom. The Bertz CT molecular complexity index is 676. The van der Waals surface area contributed by atoms with Gasteiger partial charge in [-0.25, -0.2) is 8.42 Å². The maximum atomic E-state index is 11.6. The first-order chi connectivity index (χ1) is 12.4. The number of hydrogen-bond donors (Lipinski definition) is 2. The highest BCUT2D eigenvalue weighted by Gasteiger charge is 2.29. The molecule has 1 aromatic rings. The largest absolute Gasteiger partial charge is 0.357 e. The van der Waals surface area contributed by atoms with Crippen LogP contribution >= 0.6 is 0 Å². The zero-order chi connectivity index (χ0) is 19.0. The van der Waals surface area contributed by atoms with Crippen molar-refractivity contribution in [1.29, 1.82) is 0 Å². The standard InChI is InChI=1S/C19H32N4O2S/c1-4-20-19(21-11-12-26(24,25)5-2)22-18-13-16(3)23(15-18)14-17-9-7-6-8-10-17/h6-10,16,18H,4-5,11-15H2,1-3H3,(H2,20,21,22). The zero-order valence-electron chi connectivity index (χ0n) is 16.1. The lowest BCUT2D eigenvalue weighted by Crippen LogP contribution is -2.44. The van der Waals surface area contributed by atoms with Crippen LogP contribution in [-0.2, 0) is 16.4 Å². The molecule has 1 aromatic carbocycles. The molecular weight excluding hydrogens is 348 g/mol. The first-order valence-corrected chi connectivity index (χ1v) is 11.3. The van der Waals surface area contributed by atoms with Gasteiger partial charge in [-0.3, -0.25) is 9.89 Å². The summed E-state index contributed by atoms with van der Waals surface area (Å²) in [5, 5.41) is 6.69. The van der Waals surface area contributed by atoms with Gasteiger partial charge in [-0.2, -0.15) is 0 Å². The summed E-state index contributed by atoms with van der Waals surface area (Å²) >= 11 is 0. The number of hydrogen-bond acceptors (Lipinski definition) is 4. The molecule has 0 aliphatic carbocycles. The van der Waals surface area contributed by atoms with Crippen LogP contribution in [0.15, 0.2) is 35.3 Å². The first-order valence-electron chi connectivity index (χ1n) is 9.46. The van der Waals surface area contributed by atoms with Gasteiger partial charge in [0.2, 0.25) is 0 Å². The van der Waals surface area contributed by atoms with Crippen molar-refractivity contribution in [2.75, 3.05) is 31.1 Å². The van der Waals surface area contributed by atoms with Crippen LogP contribution in [0.25, 0.3) is 0 Å². The lowest BCUT2D eigenvalue weighted by molar-refractivity contribution is 0.258. The van der Waals surface area contributed by atoms with Gasteiger partial charge in [-0.15, -0.1) is 0 Å². The molecule has 1 fully saturated rings. The highest BCUT2D eigenvalue weighted by atomic mass is 32.2. The summed E-state index contributed by atoms with van der Waals surface area (Å²) in [6, 6.07) is 11.3. The molecule has 2 N–H and O–H groups in total. The van der Waals surface area contributed by atoms with Gasteiger partial charge < -0.3 is 10.6 Å². The summed E-state index contributed by atoms with van der Waals surface area (Å²) in [5.41, 5.74) is 1.32. The summed E-state index contributed by atoms with van der Waals surface area (Å²) in [7, 11) is -2.98. The van der Waals surface area contributed by atoms with Crippen LogP contribution in [0.5, 0.6) is 0 Å². The van der Waals surface area contributed by atoms with Crippen molar-refractivity contribution in [3.63, 3.8) is 0 Å². The Hall–Kier alpha value is -1.60. The molecule has 26 heavy (non-hydrogen) atoms. The number of benzene rings is 1. The molecule has 1 aliphatic rings. The smallest absolute Gasteiger partial charge is 0.191 e. The van der Waals surface area contributed by atoms with Gasteiger partial charge in [-0.1, -0.05) is 37.3 Å². The van der Waals surface area contributed by atoms with Gasteiger partial charge in [-0.05, 0) is 25.8 Å². The van der Waals surface area contributed by atoms with E-state index in [2.05, 4.69) is 51.7 Å². The molecule has 7 heteroatoms. The second-order valence-electron chi connectivity index (χ2n) is 6.84. The molecule has 2 atom stereocenters. The van der Waals surface area contributed by atoms with Crippen LogP contribution in [0.2, 0.25) is 0 Å². The van der Waals surface area contributed by atoms with Gasteiger partial charge in [0.15, 0.2) is 15.8 Å². The minimum Gasteiger partial charge on any atom is -0.357 e. The van der Waals surface area contributed by atoms with Crippen LogP contribution in [0.1, 0.15) is 32.8 Å². The van der Waals surface area contributed by atoms with Crippen LogP contribution < -0.4 is 10.6 Å². The van der Waals surface area contributed by atoms with Crippen molar-refractivity contribution in [2.24, 2.45) is 4.99 Å². The summed E-state index contributed by atoms with van der Waals surface area (Å²) in [4.78, 5) is 6.91. The molecule has 0 amide bonds. The highest BCUT2D eigenvalue weighted by Crippen LogP contribution is 2.20. The van der Waals surface area contributed by atoms with Crippen LogP contribution in [0.4, 0.5) is 0 Å². The molecule has 1 saturated heterocycles. The van der Waals surface area contributed by atoms with E-state index >= 15 is 0 Å². The van der Waals surface area contributed by atoms with Gasteiger partial charge >= 0.3 is 0 Å². The Morgan fingerprint density at radius 1 is 1.27 bits per heavy atom. The molecule has 1 aliphatic heterocycles. The van der Waals surface area contributed by atoms with E-state index in [0.717, 1.165) is 26.1 Å². The van der Waals surface area contributed by atoms with Crippen molar-refractivity contribution in [3.8, 4) is 0 Å². The van der Waals surface area contributed by atoms with Crippen LogP contribution in [0.3, 0.4) is 0 Å². The third-order valence-corrected chi connectivity index (χ3v) is 6.41. The molecule has 0 aromatic heterocycles. The maximum absolute atomic E-state index is 11.6. The number of guanidine groups is 1. The Morgan fingerprint density at radius 2 is 2.00 bits per heavy atom. The molecule has 2 rings (SSSR count). The molecule has 0 radical (unpaired) electrons. The third kappa shape index (κ3) is 6.61. The summed E-state index contributed by atoms with van der Waals surface area (Å²) in [5.74, 6) is 0.972. The number of likely N-dealkylation sites (tertiary alicyclic amines) is 1. The fourth-order valence-corrected chi connectivity index (χ4v) is 3.85. The van der Waals surface area contributed by atoms with Crippen molar-refractivity contribution < 1.29 is 8.42 Å². The molecule has 2 unspecified atom stereocenters. The molecule has 0 spiro atoms. The zero-order valence-corrected chi connectivity index (χ0v) is 16.9. The number of nitrogens with zero attached hydrogens (tertiary/aromatic N) is 2. The fraction of sp³-hybridized carbons (Fsp3) is 0.632. The average Bonchev–Trinajstić information content (AvgIpc) is 2.95. The predicted octanol–water partition coefficient (Wildman–Crippen LogP) is 1.64. The number of rotatable bonds is 8. The van der Waals surface area contributed by atoms with Gasteiger partial charge in [0.25, 0.3) is 0 Å². The number of nitrogens with one attached hydrogen (secondary N) is 2. The van der Waals surface area contributed by atoms with E-state index in [4.69, 9.17) is 0 Å². The normalized spacial score (nSPS) is 21.7. The third-order valence-electron chi connectivity index (χ3n) is 4.73. The van der Waals surface area contributed by atoms with Crippen molar-refractivity contribution in [3.05, 3.63) is 35.9 Å².